The van der Waals surface area contributed by atoms with Crippen molar-refractivity contribution in [2.75, 3.05) is 0 Å². The number of nitrogens with two attached hydrogens (primary N) is 1. The minimum absolute atomic E-state index is 0. The van der Waals surface area contributed by atoms with Gasteiger partial charge in [0.05, 0.1) is 0 Å². The molecule has 1 aromatic rings. The number of amides is 2. The van der Waals surface area contributed by atoms with Crippen LogP contribution in [0.2, 0.25) is 0 Å². The third-order valence-corrected chi connectivity index (χ3v) is 1.44. The number of nitrogens with one attached hydrogen (secondary N) is 1. The molecule has 3 N–H and O–H groups in total. The SMILES string of the molecule is NC(=O)S.O=C(S)NCc1ccccc1.[H-].[Na+]. The Labute approximate surface area is 129 Å². The van der Waals surface area contributed by atoms with Crippen molar-refractivity contribution in [3.63, 3.8) is 0 Å². The normalized spacial score (nSPS) is 7.88. The van der Waals surface area contributed by atoms with Gasteiger partial charge in [0.2, 0.25) is 0 Å². The molecule has 0 aromatic heterocycles. The van der Waals surface area contributed by atoms with Gasteiger partial charge in [-0.25, -0.2) is 0 Å². The van der Waals surface area contributed by atoms with Crippen LogP contribution in [0.3, 0.4) is 0 Å². The Morgan fingerprint density at radius 1 is 1.25 bits per heavy atom. The zero-order chi connectivity index (χ0) is 11.7. The molecule has 0 aliphatic rings. The largest absolute Gasteiger partial charge is 1.00 e. The molecule has 0 radical (unpaired) electrons. The van der Waals surface area contributed by atoms with Gasteiger partial charge in [-0.05, 0) is 5.56 Å². The summed E-state index contributed by atoms with van der Waals surface area (Å²) in [5.74, 6) is 0. The van der Waals surface area contributed by atoms with Gasteiger partial charge in [-0.2, -0.15) is 0 Å². The molecule has 0 aliphatic heterocycles. The summed E-state index contributed by atoms with van der Waals surface area (Å²) < 4.78 is 0. The molecular formula is C9H13N2NaO2S2. The zero-order valence-electron chi connectivity index (χ0n) is 9.88. The molecule has 0 bridgehead atoms. The first-order valence-electron chi connectivity index (χ1n) is 4.01. The Kier molecular flexibility index (Phi) is 12.9. The van der Waals surface area contributed by atoms with Gasteiger partial charge in [0, 0.05) is 6.54 Å². The average Bonchev–Trinajstić information content (AvgIpc) is 2.15. The van der Waals surface area contributed by atoms with Crippen LogP contribution in [0.1, 0.15) is 6.99 Å². The molecule has 0 saturated heterocycles. The van der Waals surface area contributed by atoms with Gasteiger partial charge in [-0.15, -0.1) is 0 Å². The Bertz CT molecular complexity index is 324. The molecule has 4 nitrogen and oxygen atoms in total. The first kappa shape index (κ1) is 18.2. The number of primary amides is 1. The molecular weight excluding hydrogens is 255 g/mol. The van der Waals surface area contributed by atoms with Crippen LogP contribution in [0.4, 0.5) is 9.59 Å². The van der Waals surface area contributed by atoms with Gasteiger partial charge >= 0.3 is 29.6 Å². The maximum absolute atomic E-state index is 10.4. The number of carbonyl (C=O) groups excluding carboxylic acids is 2. The van der Waals surface area contributed by atoms with Crippen LogP contribution < -0.4 is 40.6 Å². The Morgan fingerprint density at radius 2 is 1.69 bits per heavy atom. The van der Waals surface area contributed by atoms with Gasteiger partial charge in [0.1, 0.15) is 0 Å². The minimum atomic E-state index is -0.639. The van der Waals surface area contributed by atoms with E-state index in [0.717, 1.165) is 5.56 Å². The number of hydrogen-bond acceptors (Lipinski definition) is 2. The van der Waals surface area contributed by atoms with Crippen molar-refractivity contribution in [3.05, 3.63) is 35.9 Å². The Morgan fingerprint density at radius 3 is 2.06 bits per heavy atom. The number of benzene rings is 1. The molecule has 0 saturated carbocycles. The summed E-state index contributed by atoms with van der Waals surface area (Å²) in [5.41, 5.74) is 5.42. The summed E-state index contributed by atoms with van der Waals surface area (Å²) in [6.07, 6.45) is 0. The van der Waals surface area contributed by atoms with Crippen LogP contribution in [0.15, 0.2) is 30.3 Å². The number of rotatable bonds is 2. The summed E-state index contributed by atoms with van der Waals surface area (Å²) in [4.78, 5) is 19.5. The Balaban J connectivity index is -0.000000289. The standard InChI is InChI=1S/C8H9NOS.CH3NOS.Na.H/c10-8(11)9-6-7-4-2-1-3-5-7;2-1(3)4;;/h1-5H,6H2,(H2,9,10,11);(H3,2,3,4);;/q;;+1;-1. The summed E-state index contributed by atoms with van der Waals surface area (Å²) in [7, 11) is 0. The van der Waals surface area contributed by atoms with E-state index < -0.39 is 5.24 Å². The summed E-state index contributed by atoms with van der Waals surface area (Å²) in [6, 6.07) is 9.69. The van der Waals surface area contributed by atoms with E-state index in [4.69, 9.17) is 4.79 Å². The molecule has 0 fully saturated rings. The quantitative estimate of drug-likeness (QED) is 0.408. The third-order valence-electron chi connectivity index (χ3n) is 1.29. The van der Waals surface area contributed by atoms with Crippen molar-refractivity contribution < 1.29 is 40.6 Å². The van der Waals surface area contributed by atoms with E-state index in [1.807, 2.05) is 30.3 Å². The van der Waals surface area contributed by atoms with Crippen molar-refractivity contribution in [2.24, 2.45) is 5.73 Å². The number of hydrogen-bond donors (Lipinski definition) is 4. The summed E-state index contributed by atoms with van der Waals surface area (Å²) in [6.45, 7) is 0.545. The average molecular weight is 268 g/mol. The topological polar surface area (TPSA) is 72.2 Å². The van der Waals surface area contributed by atoms with E-state index in [-0.39, 0.29) is 36.2 Å². The van der Waals surface area contributed by atoms with E-state index >= 15 is 0 Å². The van der Waals surface area contributed by atoms with Gasteiger partial charge in [0.25, 0.3) is 10.5 Å². The molecule has 84 valence electrons. The van der Waals surface area contributed by atoms with Crippen LogP contribution in [0.5, 0.6) is 0 Å². The van der Waals surface area contributed by atoms with Crippen LogP contribution >= 0.6 is 25.3 Å². The van der Waals surface area contributed by atoms with Gasteiger partial charge < -0.3 is 12.5 Å². The fourth-order valence-corrected chi connectivity index (χ4v) is 0.853. The van der Waals surface area contributed by atoms with Crippen molar-refractivity contribution in [2.45, 2.75) is 6.54 Å². The zero-order valence-corrected chi connectivity index (χ0v) is 12.7. The van der Waals surface area contributed by atoms with Crippen LogP contribution in [0.25, 0.3) is 0 Å². The predicted octanol–water partition coefficient (Wildman–Crippen LogP) is -1.06. The summed E-state index contributed by atoms with van der Waals surface area (Å²) >= 11 is 6.68. The van der Waals surface area contributed by atoms with Gasteiger partial charge in [-0.3, -0.25) is 9.59 Å². The molecule has 0 atom stereocenters. The van der Waals surface area contributed by atoms with Crippen LogP contribution in [-0.2, 0) is 6.54 Å². The first-order chi connectivity index (χ1) is 7.02. The summed E-state index contributed by atoms with van der Waals surface area (Å²) in [5, 5.41) is 1.65. The second-order valence-corrected chi connectivity index (χ2v) is 3.33. The van der Waals surface area contributed by atoms with Crippen molar-refractivity contribution in [1.29, 1.82) is 0 Å². The fourth-order valence-electron chi connectivity index (χ4n) is 0.774. The predicted molar refractivity (Wildman–Crippen MR) is 67.3 cm³/mol. The van der Waals surface area contributed by atoms with Gasteiger partial charge in [-0.1, -0.05) is 55.6 Å². The molecule has 0 spiro atoms. The molecule has 0 unspecified atom stereocenters. The Hall–Kier alpha value is -0.140. The molecule has 0 aliphatic carbocycles. The molecule has 1 rings (SSSR count). The maximum atomic E-state index is 10.4. The van der Waals surface area contributed by atoms with Gasteiger partial charge in [0.15, 0.2) is 0 Å². The second-order valence-electron chi connectivity index (χ2n) is 2.48. The van der Waals surface area contributed by atoms with Crippen molar-refractivity contribution in [3.8, 4) is 0 Å². The molecule has 7 heteroatoms. The molecule has 1 aromatic carbocycles. The number of carbonyl (C=O) groups is 2. The van der Waals surface area contributed by atoms with E-state index in [2.05, 4.69) is 36.3 Å². The van der Waals surface area contributed by atoms with E-state index in [1.165, 1.54) is 0 Å². The van der Waals surface area contributed by atoms with E-state index in [9.17, 15) is 4.79 Å². The maximum Gasteiger partial charge on any atom is 1.00 e. The van der Waals surface area contributed by atoms with Crippen molar-refractivity contribution >= 4 is 35.7 Å². The third kappa shape index (κ3) is 13.9. The van der Waals surface area contributed by atoms with E-state index in [1.54, 1.807) is 0 Å². The van der Waals surface area contributed by atoms with Crippen LogP contribution in [0, 0.1) is 0 Å². The molecule has 0 heterocycles. The first-order valence-corrected chi connectivity index (χ1v) is 4.91. The van der Waals surface area contributed by atoms with Crippen molar-refractivity contribution in [1.82, 2.24) is 5.32 Å². The monoisotopic (exact) mass is 268 g/mol. The number of thiol groups is 2. The molecule has 2 amide bonds. The smallest absolute Gasteiger partial charge is 1.00 e. The minimum Gasteiger partial charge on any atom is -1.00 e. The van der Waals surface area contributed by atoms with Crippen LogP contribution in [-0.4, -0.2) is 10.5 Å². The fraction of sp³-hybridized carbons (Fsp3) is 0.111. The van der Waals surface area contributed by atoms with E-state index in [0.29, 0.717) is 6.54 Å². The molecule has 16 heavy (non-hydrogen) atoms. The second kappa shape index (κ2) is 11.3.